The van der Waals surface area contributed by atoms with Gasteiger partial charge in [0.2, 0.25) is 0 Å². The Balaban J connectivity index is 1.81. The summed E-state index contributed by atoms with van der Waals surface area (Å²) >= 11 is 0. The molecular weight excluding hydrogens is 228 g/mol. The van der Waals surface area contributed by atoms with Gasteiger partial charge in [0, 0.05) is 39.0 Å². The number of likely N-dealkylation sites (N-methyl/N-ethyl adjacent to an activating group) is 1. The van der Waals surface area contributed by atoms with E-state index in [4.69, 9.17) is 15.2 Å². The van der Waals surface area contributed by atoms with Gasteiger partial charge in [0.05, 0.1) is 6.10 Å². The van der Waals surface area contributed by atoms with Crippen molar-refractivity contribution in [2.45, 2.75) is 44.2 Å². The standard InChI is InChI=1S/C14H28N2O2/c1-16(11-13-4-2-3-7-18-13)14(10-15)12-5-8-17-9-6-12/h12-14H,2-11,15H2,1H3. The zero-order valence-corrected chi connectivity index (χ0v) is 11.6. The number of hydrogen-bond donors (Lipinski definition) is 1. The summed E-state index contributed by atoms with van der Waals surface area (Å²) in [4.78, 5) is 2.42. The van der Waals surface area contributed by atoms with E-state index in [0.29, 0.717) is 18.1 Å². The molecule has 0 aromatic heterocycles. The molecule has 2 aliphatic heterocycles. The second-order valence-corrected chi connectivity index (χ2v) is 5.68. The summed E-state index contributed by atoms with van der Waals surface area (Å²) in [6.07, 6.45) is 6.45. The molecule has 2 rings (SSSR count). The van der Waals surface area contributed by atoms with E-state index in [1.54, 1.807) is 0 Å². The lowest BCUT2D eigenvalue weighted by molar-refractivity contribution is -0.0216. The van der Waals surface area contributed by atoms with Crippen LogP contribution in [0.3, 0.4) is 0 Å². The van der Waals surface area contributed by atoms with Crippen LogP contribution in [0.2, 0.25) is 0 Å². The molecule has 2 heterocycles. The van der Waals surface area contributed by atoms with Gasteiger partial charge in [-0.05, 0) is 45.1 Å². The molecule has 0 bridgehead atoms. The summed E-state index contributed by atoms with van der Waals surface area (Å²) in [5.74, 6) is 0.692. The Morgan fingerprint density at radius 2 is 1.94 bits per heavy atom. The molecule has 0 radical (unpaired) electrons. The van der Waals surface area contributed by atoms with Crippen molar-refractivity contribution in [3.8, 4) is 0 Å². The predicted molar refractivity (Wildman–Crippen MR) is 72.6 cm³/mol. The molecule has 2 fully saturated rings. The largest absolute Gasteiger partial charge is 0.381 e. The second-order valence-electron chi connectivity index (χ2n) is 5.68. The zero-order valence-electron chi connectivity index (χ0n) is 11.6. The van der Waals surface area contributed by atoms with Crippen LogP contribution in [0.15, 0.2) is 0 Å². The maximum Gasteiger partial charge on any atom is 0.0702 e. The molecule has 2 atom stereocenters. The topological polar surface area (TPSA) is 47.7 Å². The maximum atomic E-state index is 5.99. The average Bonchev–Trinajstić information content (AvgIpc) is 2.42. The third-order valence-corrected chi connectivity index (χ3v) is 4.38. The van der Waals surface area contributed by atoms with Gasteiger partial charge in [-0.3, -0.25) is 4.90 Å². The average molecular weight is 256 g/mol. The van der Waals surface area contributed by atoms with Crippen LogP contribution in [-0.4, -0.2) is 57.0 Å². The highest BCUT2D eigenvalue weighted by Crippen LogP contribution is 2.23. The molecular formula is C14H28N2O2. The predicted octanol–water partition coefficient (Wildman–Crippen LogP) is 1.24. The number of hydrogen-bond acceptors (Lipinski definition) is 4. The van der Waals surface area contributed by atoms with Gasteiger partial charge < -0.3 is 15.2 Å². The molecule has 0 aromatic rings. The van der Waals surface area contributed by atoms with Crippen molar-refractivity contribution in [3.05, 3.63) is 0 Å². The highest BCUT2D eigenvalue weighted by molar-refractivity contribution is 4.82. The maximum absolute atomic E-state index is 5.99. The molecule has 18 heavy (non-hydrogen) atoms. The van der Waals surface area contributed by atoms with Gasteiger partial charge in [-0.25, -0.2) is 0 Å². The first-order valence-electron chi connectivity index (χ1n) is 7.41. The van der Waals surface area contributed by atoms with E-state index < -0.39 is 0 Å². The van der Waals surface area contributed by atoms with Crippen molar-refractivity contribution in [1.82, 2.24) is 4.90 Å². The van der Waals surface area contributed by atoms with Crippen LogP contribution in [0, 0.1) is 5.92 Å². The lowest BCUT2D eigenvalue weighted by Crippen LogP contribution is -2.48. The molecule has 2 N–H and O–H groups in total. The molecule has 2 saturated heterocycles. The highest BCUT2D eigenvalue weighted by Gasteiger charge is 2.28. The van der Waals surface area contributed by atoms with Crippen molar-refractivity contribution in [3.63, 3.8) is 0 Å². The lowest BCUT2D eigenvalue weighted by Gasteiger charge is -2.38. The molecule has 2 unspecified atom stereocenters. The van der Waals surface area contributed by atoms with Gasteiger partial charge in [-0.2, -0.15) is 0 Å². The minimum absolute atomic E-state index is 0.414. The summed E-state index contributed by atoms with van der Waals surface area (Å²) in [7, 11) is 2.20. The van der Waals surface area contributed by atoms with Crippen molar-refractivity contribution in [2.75, 3.05) is 40.0 Å². The fraction of sp³-hybridized carbons (Fsp3) is 1.00. The number of ether oxygens (including phenoxy) is 2. The van der Waals surface area contributed by atoms with Crippen molar-refractivity contribution >= 4 is 0 Å². The summed E-state index contributed by atoms with van der Waals surface area (Å²) in [6.45, 7) is 4.50. The fourth-order valence-electron chi connectivity index (χ4n) is 3.24. The molecule has 0 aliphatic carbocycles. The molecule has 0 aromatic carbocycles. The van der Waals surface area contributed by atoms with E-state index >= 15 is 0 Å². The van der Waals surface area contributed by atoms with E-state index in [0.717, 1.165) is 45.8 Å². The van der Waals surface area contributed by atoms with Crippen LogP contribution >= 0.6 is 0 Å². The van der Waals surface area contributed by atoms with Crippen molar-refractivity contribution in [1.29, 1.82) is 0 Å². The molecule has 0 amide bonds. The van der Waals surface area contributed by atoms with E-state index in [1.165, 1.54) is 19.3 Å². The summed E-state index contributed by atoms with van der Waals surface area (Å²) < 4.78 is 11.3. The van der Waals surface area contributed by atoms with Gasteiger partial charge in [0.15, 0.2) is 0 Å². The quantitative estimate of drug-likeness (QED) is 0.804. The Kier molecular flexibility index (Phi) is 5.89. The van der Waals surface area contributed by atoms with Gasteiger partial charge in [0.1, 0.15) is 0 Å². The van der Waals surface area contributed by atoms with Crippen LogP contribution in [0.5, 0.6) is 0 Å². The summed E-state index contributed by atoms with van der Waals surface area (Å²) in [5, 5.41) is 0. The molecule has 4 nitrogen and oxygen atoms in total. The van der Waals surface area contributed by atoms with E-state index in [-0.39, 0.29) is 0 Å². The first kappa shape index (κ1) is 14.3. The van der Waals surface area contributed by atoms with Gasteiger partial charge >= 0.3 is 0 Å². The molecule has 106 valence electrons. The number of nitrogens with two attached hydrogens (primary N) is 1. The Bertz CT molecular complexity index is 226. The second kappa shape index (κ2) is 7.43. The molecule has 0 saturated carbocycles. The smallest absolute Gasteiger partial charge is 0.0702 e. The van der Waals surface area contributed by atoms with Crippen molar-refractivity contribution in [2.24, 2.45) is 11.7 Å². The first-order chi connectivity index (χ1) is 8.81. The molecule has 0 spiro atoms. The summed E-state index contributed by atoms with van der Waals surface area (Å²) in [5.41, 5.74) is 5.99. The first-order valence-corrected chi connectivity index (χ1v) is 7.41. The Hall–Kier alpha value is -0.160. The zero-order chi connectivity index (χ0) is 12.8. The third-order valence-electron chi connectivity index (χ3n) is 4.38. The minimum Gasteiger partial charge on any atom is -0.381 e. The van der Waals surface area contributed by atoms with Crippen LogP contribution in [0.4, 0.5) is 0 Å². The summed E-state index contributed by atoms with van der Waals surface area (Å²) in [6, 6.07) is 0.486. The Morgan fingerprint density at radius 1 is 1.17 bits per heavy atom. The lowest BCUT2D eigenvalue weighted by atomic mass is 9.90. The Morgan fingerprint density at radius 3 is 2.56 bits per heavy atom. The van der Waals surface area contributed by atoms with E-state index in [9.17, 15) is 0 Å². The van der Waals surface area contributed by atoms with Crippen molar-refractivity contribution < 1.29 is 9.47 Å². The van der Waals surface area contributed by atoms with Gasteiger partial charge in [-0.1, -0.05) is 0 Å². The van der Waals surface area contributed by atoms with Crippen LogP contribution in [0.25, 0.3) is 0 Å². The Labute approximate surface area is 111 Å². The number of nitrogens with zero attached hydrogens (tertiary/aromatic N) is 1. The third kappa shape index (κ3) is 3.92. The monoisotopic (exact) mass is 256 g/mol. The fourth-order valence-corrected chi connectivity index (χ4v) is 3.24. The van der Waals surface area contributed by atoms with Crippen LogP contribution in [-0.2, 0) is 9.47 Å². The molecule has 4 heteroatoms. The minimum atomic E-state index is 0.414. The van der Waals surface area contributed by atoms with Gasteiger partial charge in [-0.15, -0.1) is 0 Å². The highest BCUT2D eigenvalue weighted by atomic mass is 16.5. The van der Waals surface area contributed by atoms with Gasteiger partial charge in [0.25, 0.3) is 0 Å². The van der Waals surface area contributed by atoms with E-state index in [1.807, 2.05) is 0 Å². The normalized spacial score (nSPS) is 28.5. The van der Waals surface area contributed by atoms with Crippen LogP contribution in [0.1, 0.15) is 32.1 Å². The molecule has 2 aliphatic rings. The van der Waals surface area contributed by atoms with Crippen LogP contribution < -0.4 is 5.73 Å². The SMILES string of the molecule is CN(CC1CCCCO1)C(CN)C1CCOCC1. The van der Waals surface area contributed by atoms with E-state index in [2.05, 4.69) is 11.9 Å². The number of rotatable bonds is 5.